The van der Waals surface area contributed by atoms with Gasteiger partial charge in [-0.3, -0.25) is 0 Å². The van der Waals surface area contributed by atoms with Crippen molar-refractivity contribution in [2.45, 2.75) is 79.0 Å². The average molecular weight is 363 g/mol. The lowest BCUT2D eigenvalue weighted by atomic mass is 9.51. The summed E-state index contributed by atoms with van der Waals surface area (Å²) in [6, 6.07) is 0. The lowest BCUT2D eigenvalue weighted by Crippen LogP contribution is -2.55. The number of halogens is 3. The van der Waals surface area contributed by atoms with E-state index in [1.807, 2.05) is 5.32 Å². The van der Waals surface area contributed by atoms with Gasteiger partial charge in [-0.05, 0) is 36.0 Å². The summed E-state index contributed by atoms with van der Waals surface area (Å²) in [5.74, 6) is 0.767. The molecule has 5 unspecified atom stereocenters. The third-order valence-electron chi connectivity index (χ3n) is 6.39. The molecule has 0 aromatic rings. The van der Waals surface area contributed by atoms with Crippen LogP contribution in [0.5, 0.6) is 0 Å². The van der Waals surface area contributed by atoms with E-state index in [9.17, 15) is 18.0 Å². The number of nitrogens with one attached hydrogen (secondary N) is 1. The van der Waals surface area contributed by atoms with E-state index in [4.69, 9.17) is 4.74 Å². The van der Waals surface area contributed by atoms with Crippen molar-refractivity contribution in [3.05, 3.63) is 0 Å². The highest BCUT2D eigenvalue weighted by molar-refractivity contribution is 5.67. The minimum Gasteiger partial charge on any atom is -0.446 e. The molecule has 2 rings (SSSR count). The fraction of sp³-hybridized carbons (Fsp3) is 0.947. The Kier molecular flexibility index (Phi) is 5.70. The molecule has 0 bridgehead atoms. The second-order valence-corrected chi connectivity index (χ2v) is 9.40. The van der Waals surface area contributed by atoms with E-state index in [1.165, 1.54) is 6.42 Å². The van der Waals surface area contributed by atoms with Crippen LogP contribution in [0, 0.1) is 28.6 Å². The lowest BCUT2D eigenvalue weighted by Gasteiger charge is -2.56. The van der Waals surface area contributed by atoms with Crippen molar-refractivity contribution in [1.82, 2.24) is 5.32 Å². The van der Waals surface area contributed by atoms with Gasteiger partial charge in [0.15, 0.2) is 0 Å². The zero-order chi connectivity index (χ0) is 19.0. The Morgan fingerprint density at radius 2 is 1.84 bits per heavy atom. The first-order valence-corrected chi connectivity index (χ1v) is 9.35. The number of carbonyl (C=O) groups excluding carboxylic acids is 1. The number of ether oxygens (including phenoxy) is 1. The summed E-state index contributed by atoms with van der Waals surface area (Å²) in [5, 5.41) is 1.88. The standard InChI is InChI=1S/C19H32F3NO2/c1-12-7-6-9-18(5)10-8-13(17(2,3)4)15(14(12)18)25-16(24)23-11-19(20,21)22/h12-15H,6-11H2,1-5H3,(H,23,24). The summed E-state index contributed by atoms with van der Waals surface area (Å²) < 4.78 is 42.8. The molecule has 5 atom stereocenters. The van der Waals surface area contributed by atoms with Gasteiger partial charge >= 0.3 is 12.3 Å². The van der Waals surface area contributed by atoms with E-state index in [0.717, 1.165) is 25.7 Å². The smallest absolute Gasteiger partial charge is 0.407 e. The number of amides is 1. The Labute approximate surface area is 149 Å². The quantitative estimate of drug-likeness (QED) is 0.699. The van der Waals surface area contributed by atoms with Crippen molar-refractivity contribution in [1.29, 1.82) is 0 Å². The second kappa shape index (κ2) is 6.99. The fourth-order valence-electron chi connectivity index (χ4n) is 5.19. The molecule has 2 saturated carbocycles. The first kappa shape index (κ1) is 20.4. The van der Waals surface area contributed by atoms with E-state index in [-0.39, 0.29) is 28.8 Å². The van der Waals surface area contributed by atoms with Crippen LogP contribution in [-0.4, -0.2) is 24.9 Å². The predicted octanol–water partition coefficient (Wildman–Crippen LogP) is 5.54. The van der Waals surface area contributed by atoms with Gasteiger partial charge in [-0.25, -0.2) is 4.79 Å². The van der Waals surface area contributed by atoms with E-state index >= 15 is 0 Å². The summed E-state index contributed by atoms with van der Waals surface area (Å²) in [6.45, 7) is 9.47. The molecule has 0 aromatic heterocycles. The molecule has 25 heavy (non-hydrogen) atoms. The highest BCUT2D eigenvalue weighted by Gasteiger charge is 2.54. The number of alkyl halides is 3. The van der Waals surface area contributed by atoms with Crippen LogP contribution >= 0.6 is 0 Å². The molecule has 2 aliphatic carbocycles. The molecular formula is C19H32F3NO2. The van der Waals surface area contributed by atoms with E-state index in [0.29, 0.717) is 5.92 Å². The number of rotatable bonds is 2. The van der Waals surface area contributed by atoms with E-state index in [1.54, 1.807) is 0 Å². The maximum Gasteiger partial charge on any atom is 0.407 e. The molecule has 0 radical (unpaired) electrons. The number of fused-ring (bicyclic) bond motifs is 1. The van der Waals surface area contributed by atoms with Gasteiger partial charge in [0.1, 0.15) is 12.6 Å². The number of hydrogen-bond acceptors (Lipinski definition) is 2. The van der Waals surface area contributed by atoms with E-state index < -0.39 is 18.8 Å². The van der Waals surface area contributed by atoms with Crippen molar-refractivity contribution in [3.8, 4) is 0 Å². The van der Waals surface area contributed by atoms with Gasteiger partial charge in [0.25, 0.3) is 0 Å². The average Bonchev–Trinajstić information content (AvgIpc) is 2.42. The molecular weight excluding hydrogens is 331 g/mol. The van der Waals surface area contributed by atoms with Crippen LogP contribution in [-0.2, 0) is 4.74 Å². The van der Waals surface area contributed by atoms with Crippen molar-refractivity contribution >= 4 is 6.09 Å². The molecule has 2 fully saturated rings. The van der Waals surface area contributed by atoms with Gasteiger partial charge in [-0.15, -0.1) is 0 Å². The summed E-state index contributed by atoms with van der Waals surface area (Å²) >= 11 is 0. The second-order valence-electron chi connectivity index (χ2n) is 9.40. The molecule has 0 spiro atoms. The summed E-state index contributed by atoms with van der Waals surface area (Å²) in [7, 11) is 0. The molecule has 1 amide bonds. The molecule has 3 nitrogen and oxygen atoms in total. The number of hydrogen-bond donors (Lipinski definition) is 1. The lowest BCUT2D eigenvalue weighted by molar-refractivity contribution is -0.137. The maximum atomic E-state index is 12.4. The first-order valence-electron chi connectivity index (χ1n) is 9.35. The van der Waals surface area contributed by atoms with Crippen LogP contribution in [0.3, 0.4) is 0 Å². The largest absolute Gasteiger partial charge is 0.446 e. The fourth-order valence-corrected chi connectivity index (χ4v) is 5.19. The Morgan fingerprint density at radius 1 is 1.20 bits per heavy atom. The summed E-state index contributed by atoms with van der Waals surface area (Å²) in [6.07, 6.45) is -0.317. The van der Waals surface area contributed by atoms with Gasteiger partial charge in [0.2, 0.25) is 0 Å². The molecule has 1 N–H and O–H groups in total. The van der Waals surface area contributed by atoms with Crippen molar-refractivity contribution in [3.63, 3.8) is 0 Å². The Morgan fingerprint density at radius 3 is 2.40 bits per heavy atom. The highest BCUT2D eigenvalue weighted by atomic mass is 19.4. The van der Waals surface area contributed by atoms with Crippen molar-refractivity contribution in [2.24, 2.45) is 28.6 Å². The molecule has 2 aliphatic rings. The van der Waals surface area contributed by atoms with Crippen molar-refractivity contribution < 1.29 is 22.7 Å². The third kappa shape index (κ3) is 4.82. The van der Waals surface area contributed by atoms with Gasteiger partial charge in [-0.2, -0.15) is 13.2 Å². The molecule has 146 valence electrons. The zero-order valence-electron chi connectivity index (χ0n) is 16.0. The number of alkyl carbamates (subject to hydrolysis) is 1. The van der Waals surface area contributed by atoms with Crippen LogP contribution in [0.2, 0.25) is 0 Å². The van der Waals surface area contributed by atoms with Crippen LogP contribution in [0.1, 0.15) is 66.7 Å². The summed E-state index contributed by atoms with van der Waals surface area (Å²) in [5.41, 5.74) is 0.0435. The van der Waals surface area contributed by atoms with Gasteiger partial charge < -0.3 is 10.1 Å². The Balaban J connectivity index is 2.21. The van der Waals surface area contributed by atoms with Gasteiger partial charge in [-0.1, -0.05) is 47.5 Å². The SMILES string of the molecule is CC1CCCC2(C)CCC(C(C)(C)C)C(OC(=O)NCC(F)(F)F)C12. The van der Waals surface area contributed by atoms with Gasteiger partial charge in [0.05, 0.1) is 0 Å². The maximum absolute atomic E-state index is 12.4. The predicted molar refractivity (Wildman–Crippen MR) is 91.1 cm³/mol. The monoisotopic (exact) mass is 363 g/mol. The Bertz CT molecular complexity index is 486. The molecule has 0 aliphatic heterocycles. The molecule has 0 heterocycles. The minimum absolute atomic E-state index is 0.0620. The zero-order valence-corrected chi connectivity index (χ0v) is 16.0. The number of carbonyl (C=O) groups is 1. The molecule has 0 aromatic carbocycles. The Hall–Kier alpha value is -0.940. The summed E-state index contributed by atoms with van der Waals surface area (Å²) in [4.78, 5) is 12.1. The minimum atomic E-state index is -4.43. The third-order valence-corrected chi connectivity index (χ3v) is 6.39. The molecule has 0 saturated heterocycles. The van der Waals surface area contributed by atoms with Crippen LogP contribution in [0.25, 0.3) is 0 Å². The van der Waals surface area contributed by atoms with Crippen molar-refractivity contribution in [2.75, 3.05) is 6.54 Å². The van der Waals surface area contributed by atoms with Crippen LogP contribution in [0.15, 0.2) is 0 Å². The first-order chi connectivity index (χ1) is 11.3. The topological polar surface area (TPSA) is 38.3 Å². The molecule has 6 heteroatoms. The van der Waals surface area contributed by atoms with Gasteiger partial charge in [0, 0.05) is 11.8 Å². The van der Waals surface area contributed by atoms with Crippen LogP contribution in [0.4, 0.5) is 18.0 Å². The highest BCUT2D eigenvalue weighted by Crippen LogP contribution is 2.57. The van der Waals surface area contributed by atoms with E-state index in [2.05, 4.69) is 34.6 Å². The van der Waals surface area contributed by atoms with Crippen LogP contribution < -0.4 is 5.32 Å². The normalized spacial score (nSPS) is 36.5.